The minimum Gasteiger partial charge on any atom is -0.390 e. The fourth-order valence-corrected chi connectivity index (χ4v) is 7.07. The molecule has 0 bridgehead atoms. The van der Waals surface area contributed by atoms with Gasteiger partial charge in [0.2, 0.25) is 0 Å². The maximum Gasteiger partial charge on any atom is 0.129 e. The molecule has 2 spiro atoms. The van der Waals surface area contributed by atoms with Crippen molar-refractivity contribution < 1.29 is 28.7 Å². The molecule has 0 aliphatic carbocycles. The van der Waals surface area contributed by atoms with E-state index < -0.39 is 0 Å². The average Bonchev–Trinajstić information content (AvgIpc) is 2.90. The molecule has 36 heavy (non-hydrogen) atoms. The molecule has 0 aromatic rings. The molecule has 208 valence electrons. The zero-order valence-electron chi connectivity index (χ0n) is 22.5. The van der Waals surface area contributed by atoms with Crippen LogP contribution in [0.4, 0.5) is 0 Å². The third kappa shape index (κ3) is 7.37. The molecule has 0 saturated carbocycles. The third-order valence-electron chi connectivity index (χ3n) is 9.74. The first-order chi connectivity index (χ1) is 17.5. The summed E-state index contributed by atoms with van der Waals surface area (Å²) in [4.78, 5) is 9.66. The summed E-state index contributed by atoms with van der Waals surface area (Å²) in [6, 6.07) is 0. The average molecular weight is 513 g/mol. The van der Waals surface area contributed by atoms with Crippen LogP contribution >= 0.6 is 0 Å². The van der Waals surface area contributed by atoms with Gasteiger partial charge in [0.25, 0.3) is 0 Å². The van der Waals surface area contributed by atoms with Gasteiger partial charge in [0.15, 0.2) is 0 Å². The molecule has 0 aromatic heterocycles. The van der Waals surface area contributed by atoms with Gasteiger partial charge in [-0.15, -0.1) is 0 Å². The van der Waals surface area contributed by atoms with Gasteiger partial charge in [-0.3, -0.25) is 19.6 Å². The topological polar surface area (TPSA) is 71.9 Å². The zero-order chi connectivity index (χ0) is 24.8. The Balaban J connectivity index is 0.984. The monoisotopic (exact) mass is 512 g/mol. The number of hydrogen-bond acceptors (Lipinski definition) is 8. The van der Waals surface area contributed by atoms with Gasteiger partial charge in [-0.1, -0.05) is 0 Å². The van der Waals surface area contributed by atoms with Crippen LogP contribution in [0.3, 0.4) is 0 Å². The number of piperazine rings is 3. The van der Waals surface area contributed by atoms with Crippen molar-refractivity contribution >= 4 is 0 Å². The van der Waals surface area contributed by atoms with E-state index in [1.54, 1.807) is 0 Å². The highest BCUT2D eigenvalue weighted by Gasteiger charge is 2.45. The van der Waals surface area contributed by atoms with Gasteiger partial charge in [0, 0.05) is 78.5 Å². The molecule has 5 rings (SSSR count). The van der Waals surface area contributed by atoms with E-state index in [1.165, 1.54) is 61.3 Å². The largest absolute Gasteiger partial charge is 0.390 e. The molecular weight excluding hydrogens is 460 g/mol. The van der Waals surface area contributed by atoms with E-state index >= 15 is 0 Å². The van der Waals surface area contributed by atoms with Gasteiger partial charge in [-0.25, -0.2) is 0 Å². The second-order valence-electron chi connectivity index (χ2n) is 12.2. The van der Waals surface area contributed by atoms with Crippen molar-refractivity contribution in [3.05, 3.63) is 0 Å². The van der Waals surface area contributed by atoms with Gasteiger partial charge in [-0.2, -0.15) is 0 Å². The van der Waals surface area contributed by atoms with E-state index in [9.17, 15) is 10.2 Å². The smallest absolute Gasteiger partial charge is 0.129 e. The van der Waals surface area contributed by atoms with Gasteiger partial charge < -0.3 is 28.7 Å². The first-order valence-corrected chi connectivity index (χ1v) is 14.6. The van der Waals surface area contributed by atoms with E-state index in [2.05, 4.69) is 19.6 Å². The zero-order valence-corrected chi connectivity index (χ0v) is 22.5. The van der Waals surface area contributed by atoms with Crippen LogP contribution in [-0.2, 0) is 9.47 Å². The van der Waals surface area contributed by atoms with Crippen molar-refractivity contribution in [3.8, 4) is 0 Å². The fraction of sp³-hybridized carbons (Fsp3) is 1.00. The molecule has 5 heterocycles. The lowest BCUT2D eigenvalue weighted by atomic mass is 10.1. The minimum atomic E-state index is -0.256. The predicted molar refractivity (Wildman–Crippen MR) is 139 cm³/mol. The minimum absolute atomic E-state index is 0.256. The van der Waals surface area contributed by atoms with Crippen molar-refractivity contribution in [1.82, 2.24) is 19.6 Å². The Hall–Kier alpha value is -0.400. The van der Waals surface area contributed by atoms with Crippen LogP contribution in [0.15, 0.2) is 0 Å². The lowest BCUT2D eigenvalue weighted by Crippen LogP contribution is -2.73. The molecule has 10 heteroatoms. The highest BCUT2D eigenvalue weighted by molar-refractivity contribution is 4.76. The molecule has 10 nitrogen and oxygen atoms in total. The Bertz CT molecular complexity index is 591. The Kier molecular flexibility index (Phi) is 9.54. The first kappa shape index (κ1) is 27.2. The quantitative estimate of drug-likeness (QED) is 0.351. The molecule has 0 radical (unpaired) electrons. The van der Waals surface area contributed by atoms with Crippen LogP contribution in [-0.4, -0.2) is 208 Å². The van der Waals surface area contributed by atoms with E-state index in [4.69, 9.17) is 9.47 Å². The molecule has 5 aliphatic rings. The molecule has 0 amide bonds. The maximum atomic E-state index is 10.6. The first-order valence-electron chi connectivity index (χ1n) is 14.6. The normalized spacial score (nSPS) is 30.5. The van der Waals surface area contributed by atoms with Crippen molar-refractivity contribution in [3.63, 3.8) is 0 Å². The van der Waals surface area contributed by atoms with Crippen LogP contribution < -0.4 is 0 Å². The third-order valence-corrected chi connectivity index (χ3v) is 9.74. The molecular formula is C26H52N6O4+2. The highest BCUT2D eigenvalue weighted by atomic mass is 16.5. The summed E-state index contributed by atoms with van der Waals surface area (Å²) < 4.78 is 13.4. The fourth-order valence-electron chi connectivity index (χ4n) is 7.07. The maximum absolute atomic E-state index is 10.6. The predicted octanol–water partition coefficient (Wildman–Crippen LogP) is -2.35. The Morgan fingerprint density at radius 1 is 0.444 bits per heavy atom. The van der Waals surface area contributed by atoms with Crippen LogP contribution in [0.5, 0.6) is 0 Å². The van der Waals surface area contributed by atoms with E-state index in [-0.39, 0.29) is 12.2 Å². The van der Waals surface area contributed by atoms with Gasteiger partial charge in [0.1, 0.15) is 26.2 Å². The van der Waals surface area contributed by atoms with Crippen molar-refractivity contribution in [2.45, 2.75) is 12.2 Å². The lowest BCUT2D eigenvalue weighted by Gasteiger charge is -2.54. The van der Waals surface area contributed by atoms with E-state index in [0.29, 0.717) is 0 Å². The number of nitrogens with zero attached hydrogens (tertiary/aromatic N) is 6. The SMILES string of the molecule is OC(CN1CCOCC1)CN1CC[N+]2(CC1)CC[N+]1(CCN(CC(O)CN3CCOCC3)CC1)CC2. The molecule has 2 atom stereocenters. The number of aliphatic hydroxyl groups is 2. The number of β-amino-alcohol motifs (C(OH)–C–C–N with tert-alkyl or cyclic N) is 2. The highest BCUT2D eigenvalue weighted by Crippen LogP contribution is 2.24. The Labute approximate surface area is 218 Å². The molecule has 0 aromatic carbocycles. The second kappa shape index (κ2) is 12.6. The summed E-state index contributed by atoms with van der Waals surface area (Å²) >= 11 is 0. The standard InChI is InChI=1S/C26H52N6O4/c33-25(23-29-5-17-35-18-6-29)21-27-1-9-31(10-2-27)13-15-32(16-14-31)11-3-28(4-12-32)22-26(34)24-30-7-19-36-20-8-30/h25-26,33-34H,1-24H2/q+2. The van der Waals surface area contributed by atoms with Crippen molar-refractivity contribution in [2.75, 3.05) is 157 Å². The molecule has 5 saturated heterocycles. The summed E-state index contributed by atoms with van der Waals surface area (Å²) in [7, 11) is 0. The van der Waals surface area contributed by atoms with Crippen molar-refractivity contribution in [2.24, 2.45) is 0 Å². The number of ether oxygens (including phenoxy) is 2. The molecule has 2 N–H and O–H groups in total. The van der Waals surface area contributed by atoms with Crippen LogP contribution in [0.2, 0.25) is 0 Å². The summed E-state index contributed by atoms with van der Waals surface area (Å²) in [6.07, 6.45) is -0.512. The number of rotatable bonds is 8. The summed E-state index contributed by atoms with van der Waals surface area (Å²) in [5.74, 6) is 0. The molecule has 2 unspecified atom stereocenters. The van der Waals surface area contributed by atoms with Crippen LogP contribution in [0.1, 0.15) is 0 Å². The molecule has 5 fully saturated rings. The lowest BCUT2D eigenvalue weighted by molar-refractivity contribution is -1.03. The van der Waals surface area contributed by atoms with Crippen LogP contribution in [0.25, 0.3) is 0 Å². The summed E-state index contributed by atoms with van der Waals surface area (Å²) in [5, 5.41) is 21.2. The number of morpholine rings is 2. The number of hydrogen-bond donors (Lipinski definition) is 2. The Morgan fingerprint density at radius 2 is 0.722 bits per heavy atom. The number of quaternary nitrogens is 2. The molecule has 5 aliphatic heterocycles. The van der Waals surface area contributed by atoms with Gasteiger partial charge in [0.05, 0.1) is 64.8 Å². The van der Waals surface area contributed by atoms with Gasteiger partial charge in [-0.05, 0) is 0 Å². The van der Waals surface area contributed by atoms with Crippen LogP contribution in [0, 0.1) is 0 Å². The second-order valence-corrected chi connectivity index (χ2v) is 12.2. The van der Waals surface area contributed by atoms with E-state index in [0.717, 1.165) is 105 Å². The number of aliphatic hydroxyl groups excluding tert-OH is 2. The van der Waals surface area contributed by atoms with Gasteiger partial charge >= 0.3 is 0 Å². The van der Waals surface area contributed by atoms with Crippen molar-refractivity contribution in [1.29, 1.82) is 0 Å². The Morgan fingerprint density at radius 3 is 1.03 bits per heavy atom. The summed E-state index contributed by atoms with van der Waals surface area (Å²) in [6.45, 7) is 24.8. The summed E-state index contributed by atoms with van der Waals surface area (Å²) in [5.41, 5.74) is 0. The van der Waals surface area contributed by atoms with E-state index in [1.807, 2.05) is 0 Å².